The molecule has 11 nitrogen and oxygen atoms in total. The van der Waals surface area contributed by atoms with E-state index >= 15 is 0 Å². The maximum absolute atomic E-state index is 12.6. The van der Waals surface area contributed by atoms with Crippen LogP contribution < -0.4 is 29.7 Å². The lowest BCUT2D eigenvalue weighted by atomic mass is 10.2. The zero-order valence-electron chi connectivity index (χ0n) is 22.6. The number of anilines is 1. The van der Waals surface area contributed by atoms with Gasteiger partial charge in [0, 0.05) is 16.9 Å². The standard InChI is InChI=1S/C28H30N6O5S/c1-36-22-12-10-20(11-13-22)29-17-25-31-33-28(34(25)21-8-6-5-7-9-21)40-18-26(35)32-30-16-19-14-23(37-2)27(39-4)24(15-19)38-3/h5-16,29H,17-18H2,1-4H3,(H,32,35)/b30-16-. The molecule has 2 N–H and O–H groups in total. The van der Waals surface area contributed by atoms with E-state index in [2.05, 4.69) is 26.0 Å². The number of carbonyl (C=O) groups is 1. The van der Waals surface area contributed by atoms with Crippen LogP contribution in [0, 0.1) is 0 Å². The lowest BCUT2D eigenvalue weighted by molar-refractivity contribution is -0.118. The van der Waals surface area contributed by atoms with Gasteiger partial charge in [0.2, 0.25) is 5.75 Å². The van der Waals surface area contributed by atoms with Gasteiger partial charge >= 0.3 is 0 Å². The van der Waals surface area contributed by atoms with Crippen LogP contribution in [0.25, 0.3) is 5.69 Å². The van der Waals surface area contributed by atoms with E-state index in [4.69, 9.17) is 18.9 Å². The Balaban J connectivity index is 1.42. The summed E-state index contributed by atoms with van der Waals surface area (Å²) in [5.41, 5.74) is 5.02. The Hall–Kier alpha value is -4.71. The van der Waals surface area contributed by atoms with E-state index in [1.54, 1.807) is 19.2 Å². The minimum Gasteiger partial charge on any atom is -0.497 e. The Kier molecular flexibility index (Phi) is 9.83. The summed E-state index contributed by atoms with van der Waals surface area (Å²) in [5, 5.41) is 16.7. The highest BCUT2D eigenvalue weighted by atomic mass is 32.2. The number of hydrogen-bond acceptors (Lipinski definition) is 10. The van der Waals surface area contributed by atoms with Gasteiger partial charge in [-0.25, -0.2) is 5.43 Å². The summed E-state index contributed by atoms with van der Waals surface area (Å²) in [4.78, 5) is 12.6. The smallest absolute Gasteiger partial charge is 0.250 e. The molecular weight excluding hydrogens is 532 g/mol. The molecule has 0 atom stereocenters. The molecule has 4 aromatic rings. The molecule has 0 bridgehead atoms. The second-order valence-corrected chi connectivity index (χ2v) is 9.13. The Bertz CT molecular complexity index is 1420. The molecule has 0 radical (unpaired) electrons. The molecule has 0 aliphatic heterocycles. The quantitative estimate of drug-likeness (QED) is 0.141. The van der Waals surface area contributed by atoms with Gasteiger partial charge in [-0.1, -0.05) is 30.0 Å². The maximum atomic E-state index is 12.6. The van der Waals surface area contributed by atoms with E-state index in [1.165, 1.54) is 39.3 Å². The van der Waals surface area contributed by atoms with Crippen LogP contribution in [-0.2, 0) is 11.3 Å². The highest BCUT2D eigenvalue weighted by Gasteiger charge is 2.16. The lowest BCUT2D eigenvalue weighted by Gasteiger charge is -2.12. The highest BCUT2D eigenvalue weighted by Crippen LogP contribution is 2.37. The van der Waals surface area contributed by atoms with Crippen LogP contribution in [0.1, 0.15) is 11.4 Å². The van der Waals surface area contributed by atoms with Gasteiger partial charge < -0.3 is 24.3 Å². The monoisotopic (exact) mass is 562 g/mol. The Morgan fingerprint density at radius 3 is 2.25 bits per heavy atom. The van der Waals surface area contributed by atoms with Crippen molar-refractivity contribution in [2.24, 2.45) is 5.10 Å². The molecule has 1 amide bonds. The first-order chi connectivity index (χ1) is 19.6. The third-order valence-corrected chi connectivity index (χ3v) is 6.61. The molecule has 0 saturated carbocycles. The molecule has 1 heterocycles. The molecule has 0 aliphatic rings. The summed E-state index contributed by atoms with van der Waals surface area (Å²) in [6.45, 7) is 0.431. The van der Waals surface area contributed by atoms with Crippen molar-refractivity contribution < 1.29 is 23.7 Å². The lowest BCUT2D eigenvalue weighted by Crippen LogP contribution is -2.20. The van der Waals surface area contributed by atoms with Crippen LogP contribution in [0.15, 0.2) is 77.0 Å². The molecule has 12 heteroatoms. The predicted octanol–water partition coefficient (Wildman–Crippen LogP) is 4.16. The number of rotatable bonds is 13. The van der Waals surface area contributed by atoms with Crippen molar-refractivity contribution in [3.63, 3.8) is 0 Å². The van der Waals surface area contributed by atoms with Gasteiger partial charge in [-0.05, 0) is 48.5 Å². The molecule has 0 unspecified atom stereocenters. The molecule has 1 aromatic heterocycles. The van der Waals surface area contributed by atoms with E-state index < -0.39 is 0 Å². The van der Waals surface area contributed by atoms with Crippen LogP contribution in [-0.4, -0.2) is 61.1 Å². The van der Waals surface area contributed by atoms with E-state index in [0.29, 0.717) is 40.3 Å². The first kappa shape index (κ1) is 28.3. The molecule has 208 valence electrons. The topological polar surface area (TPSA) is 121 Å². The van der Waals surface area contributed by atoms with Crippen molar-refractivity contribution >= 4 is 29.6 Å². The molecule has 4 rings (SSSR count). The molecule has 0 spiro atoms. The van der Waals surface area contributed by atoms with Crippen LogP contribution in [0.4, 0.5) is 5.69 Å². The summed E-state index contributed by atoms with van der Waals surface area (Å²) < 4.78 is 23.2. The zero-order chi connectivity index (χ0) is 28.3. The van der Waals surface area contributed by atoms with Crippen molar-refractivity contribution in [3.8, 4) is 28.7 Å². The fourth-order valence-corrected chi connectivity index (χ4v) is 4.51. The van der Waals surface area contributed by atoms with Gasteiger partial charge in [0.15, 0.2) is 22.5 Å². The first-order valence-electron chi connectivity index (χ1n) is 12.2. The number of hydrazone groups is 1. The van der Waals surface area contributed by atoms with Crippen molar-refractivity contribution in [1.29, 1.82) is 0 Å². The van der Waals surface area contributed by atoms with Crippen LogP contribution in [0.3, 0.4) is 0 Å². The van der Waals surface area contributed by atoms with Gasteiger partial charge in [0.05, 0.1) is 47.0 Å². The second kappa shape index (κ2) is 13.9. The summed E-state index contributed by atoms with van der Waals surface area (Å²) >= 11 is 1.26. The van der Waals surface area contributed by atoms with E-state index in [-0.39, 0.29) is 11.7 Å². The van der Waals surface area contributed by atoms with Crippen LogP contribution in [0.5, 0.6) is 23.0 Å². The fraction of sp³-hybridized carbons (Fsp3) is 0.214. The molecule has 40 heavy (non-hydrogen) atoms. The van der Waals surface area contributed by atoms with Crippen molar-refractivity contribution in [1.82, 2.24) is 20.2 Å². The summed E-state index contributed by atoms with van der Waals surface area (Å²) in [6, 6.07) is 20.8. The number of hydrogen-bond donors (Lipinski definition) is 2. The number of ether oxygens (including phenoxy) is 4. The average molecular weight is 563 g/mol. The van der Waals surface area contributed by atoms with Gasteiger partial charge in [-0.2, -0.15) is 5.10 Å². The van der Waals surface area contributed by atoms with Gasteiger partial charge in [0.25, 0.3) is 5.91 Å². The molecular formula is C28H30N6O5S. The van der Waals surface area contributed by atoms with Gasteiger partial charge in [-0.15, -0.1) is 10.2 Å². The number of benzene rings is 3. The van der Waals surface area contributed by atoms with E-state index in [1.807, 2.05) is 59.2 Å². The highest BCUT2D eigenvalue weighted by molar-refractivity contribution is 7.99. The van der Waals surface area contributed by atoms with Crippen molar-refractivity contribution in [3.05, 3.63) is 78.1 Å². The SMILES string of the molecule is COc1ccc(NCc2nnc(SCC(=O)N/N=C\c3cc(OC)c(OC)c(OC)c3)n2-c2ccccc2)cc1. The number of thioether (sulfide) groups is 1. The molecule has 0 aliphatic carbocycles. The predicted molar refractivity (Wildman–Crippen MR) is 154 cm³/mol. The van der Waals surface area contributed by atoms with Gasteiger partial charge in [-0.3, -0.25) is 9.36 Å². The Morgan fingerprint density at radius 2 is 1.62 bits per heavy atom. The number of nitrogens with one attached hydrogen (secondary N) is 2. The van der Waals surface area contributed by atoms with Crippen LogP contribution in [0.2, 0.25) is 0 Å². The Morgan fingerprint density at radius 1 is 0.925 bits per heavy atom. The van der Waals surface area contributed by atoms with E-state index in [0.717, 1.165) is 17.1 Å². The number of carbonyl (C=O) groups excluding carboxylic acids is 1. The number of nitrogens with zero attached hydrogens (tertiary/aromatic N) is 4. The second-order valence-electron chi connectivity index (χ2n) is 8.19. The first-order valence-corrected chi connectivity index (χ1v) is 13.2. The third-order valence-electron chi connectivity index (χ3n) is 5.68. The van der Waals surface area contributed by atoms with Crippen LogP contribution >= 0.6 is 11.8 Å². The van der Waals surface area contributed by atoms with Crippen molar-refractivity contribution in [2.75, 3.05) is 39.5 Å². The summed E-state index contributed by atoms with van der Waals surface area (Å²) in [6.07, 6.45) is 1.50. The molecule has 0 fully saturated rings. The third kappa shape index (κ3) is 7.03. The number of aromatic nitrogens is 3. The largest absolute Gasteiger partial charge is 0.497 e. The van der Waals surface area contributed by atoms with Gasteiger partial charge in [0.1, 0.15) is 5.75 Å². The molecule has 3 aromatic carbocycles. The average Bonchev–Trinajstić information content (AvgIpc) is 3.41. The fourth-order valence-electron chi connectivity index (χ4n) is 3.75. The van der Waals surface area contributed by atoms with E-state index in [9.17, 15) is 4.79 Å². The normalized spacial score (nSPS) is 10.8. The zero-order valence-corrected chi connectivity index (χ0v) is 23.4. The minimum atomic E-state index is -0.297. The van der Waals surface area contributed by atoms with Crippen molar-refractivity contribution in [2.45, 2.75) is 11.7 Å². The number of para-hydroxylation sites is 1. The Labute approximate surface area is 236 Å². The minimum absolute atomic E-state index is 0.0868. The number of methoxy groups -OCH3 is 4. The summed E-state index contributed by atoms with van der Waals surface area (Å²) in [7, 11) is 6.23. The number of amides is 1. The molecule has 0 saturated heterocycles. The summed E-state index contributed by atoms with van der Waals surface area (Å²) in [5.74, 6) is 2.72. The maximum Gasteiger partial charge on any atom is 0.250 e.